The predicted molar refractivity (Wildman–Crippen MR) is 315 cm³/mol. The molecule has 0 spiro atoms. The summed E-state index contributed by atoms with van der Waals surface area (Å²) in [6.45, 7) is 6.73. The monoisotopic (exact) mass is 1240 g/mol. The van der Waals surface area contributed by atoms with Crippen molar-refractivity contribution in [2.75, 3.05) is 61.5 Å². The second kappa shape index (κ2) is 27.5. The van der Waals surface area contributed by atoms with Gasteiger partial charge in [-0.25, -0.2) is 26.8 Å². The maximum atomic E-state index is 14.0. The van der Waals surface area contributed by atoms with Crippen molar-refractivity contribution in [3.8, 4) is 11.5 Å². The van der Waals surface area contributed by atoms with E-state index in [9.17, 15) is 60.0 Å². The Morgan fingerprint density at radius 1 is 0.655 bits per heavy atom. The Balaban J connectivity index is 1.15. The van der Waals surface area contributed by atoms with E-state index in [2.05, 4.69) is 41.8 Å². The van der Waals surface area contributed by atoms with E-state index < -0.39 is 116 Å². The number of hydrogen-bond acceptors (Lipinski definition) is 19. The van der Waals surface area contributed by atoms with Gasteiger partial charge in [0, 0.05) is 68.5 Å². The number of aromatic nitrogens is 8. The highest BCUT2D eigenvalue weighted by atomic mass is 32.2. The first kappa shape index (κ1) is 64.8. The Kier molecular flexibility index (Phi) is 20.5. The molecule has 9 N–H and O–H groups in total. The number of carbonyl (C=O) groups excluding carboxylic acids is 9. The molecule has 1 aliphatic rings. The number of nitrogens with two attached hydrogens (primary N) is 2. The number of primary amides is 2. The molecule has 2 atom stereocenters. The zero-order chi connectivity index (χ0) is 63.7. The molecule has 0 saturated carbocycles. The van der Waals surface area contributed by atoms with Gasteiger partial charge in [0.1, 0.15) is 72.2 Å². The van der Waals surface area contributed by atoms with Crippen LogP contribution in [0.25, 0.3) is 22.1 Å². The lowest BCUT2D eigenvalue weighted by Gasteiger charge is -2.24. The fourth-order valence-corrected chi connectivity index (χ4v) is 10.5. The molecule has 2 aromatic carbocycles. The van der Waals surface area contributed by atoms with Crippen LogP contribution in [0, 0.1) is 13.8 Å². The summed E-state index contributed by atoms with van der Waals surface area (Å²) in [5.41, 5.74) is 14.3. The number of hydrogen-bond donors (Lipinski definition) is 7. The molecule has 4 aromatic heterocycles. The van der Waals surface area contributed by atoms with Gasteiger partial charge in [0.25, 0.3) is 23.6 Å². The summed E-state index contributed by atoms with van der Waals surface area (Å²) in [6.07, 6.45) is 6.21. The number of fused-ring (bicyclic) bond motifs is 2. The van der Waals surface area contributed by atoms with Gasteiger partial charge < -0.3 is 46.0 Å². The number of benzene rings is 2. The van der Waals surface area contributed by atoms with Crippen LogP contribution in [0.1, 0.15) is 86.2 Å². The molecule has 6 aromatic rings. The van der Waals surface area contributed by atoms with E-state index in [1.54, 1.807) is 47.3 Å². The van der Waals surface area contributed by atoms with Crippen LogP contribution in [0.15, 0.2) is 60.7 Å². The van der Waals surface area contributed by atoms with Crippen molar-refractivity contribution in [2.45, 2.75) is 85.2 Å². The molecular formula is C54H66N16O15S2. The molecule has 0 fully saturated rings. The summed E-state index contributed by atoms with van der Waals surface area (Å²) in [4.78, 5) is 128. The van der Waals surface area contributed by atoms with E-state index in [0.29, 0.717) is 34.9 Å². The molecule has 0 saturated heterocycles. The van der Waals surface area contributed by atoms with Crippen molar-refractivity contribution in [2.24, 2.45) is 11.5 Å². The molecule has 1 aliphatic heterocycles. The molecule has 33 heteroatoms. The third-order valence-corrected chi connectivity index (χ3v) is 15.3. The Bertz CT molecular complexity index is 4010. The van der Waals surface area contributed by atoms with E-state index in [1.165, 1.54) is 40.7 Å². The minimum Gasteiger partial charge on any atom is -0.494 e. The van der Waals surface area contributed by atoms with Crippen LogP contribution in [0.2, 0.25) is 0 Å². The van der Waals surface area contributed by atoms with Crippen LogP contribution in [0.4, 0.5) is 11.9 Å². The highest BCUT2D eigenvalue weighted by Gasteiger charge is 2.32. The number of imidazole rings is 2. The molecule has 5 heterocycles. The van der Waals surface area contributed by atoms with Crippen LogP contribution in [0.3, 0.4) is 0 Å². The second-order valence-corrected chi connectivity index (χ2v) is 24.7. The largest absolute Gasteiger partial charge is 0.494 e. The van der Waals surface area contributed by atoms with Crippen molar-refractivity contribution < 1.29 is 69.5 Å². The molecule has 464 valence electrons. The van der Waals surface area contributed by atoms with E-state index in [0.717, 1.165) is 24.7 Å². The van der Waals surface area contributed by atoms with Gasteiger partial charge in [-0.15, -0.1) is 0 Å². The van der Waals surface area contributed by atoms with Crippen LogP contribution in [0.5, 0.6) is 11.5 Å². The quantitative estimate of drug-likeness (QED) is 0.0178. The summed E-state index contributed by atoms with van der Waals surface area (Å²) in [7, 11) is -6.05. The van der Waals surface area contributed by atoms with Crippen LogP contribution < -0.4 is 47.5 Å². The standard InChI is InChI=1S/C54H66N16O15S2/c1-8-69-38(23-30(3)64-69)51(78)62-53-60-36-25-32(47(55)74)27-40(84-5)45(36)66(53)18-10-11-19-67-46-37(61-54(67)63-52(79)39-24-31(4)65-70(39)9-2)26-33(48(56)75)28-41(46)85-20-12-17-57-49(76)34(15-21-86(6,80)81)59-50(77)35(16-22-87(7,82)83)58-42(71)29-68-43(72)13-14-44(68)73/h10-11,13-14,23-28,34-35H,8-9,12,15-22,29H2,1-7H3,(H2,55,74)(H2,56,75)(H,57,76)(H,58,71)(H,59,77)(H,60,62,78)(H,61,63,79)/b11-10+/t34-,35-/m0/s1. The second-order valence-electron chi connectivity index (χ2n) is 20.2. The lowest BCUT2D eigenvalue weighted by atomic mass is 10.1. The van der Waals surface area contributed by atoms with E-state index in [4.69, 9.17) is 25.9 Å². The van der Waals surface area contributed by atoms with Crippen LogP contribution in [-0.2, 0) is 69.8 Å². The summed E-state index contributed by atoms with van der Waals surface area (Å²) in [6, 6.07) is 5.74. The van der Waals surface area contributed by atoms with Crippen LogP contribution >= 0.6 is 0 Å². The lowest BCUT2D eigenvalue weighted by Crippen LogP contribution is -2.55. The molecule has 87 heavy (non-hydrogen) atoms. The van der Waals surface area contributed by atoms with Crippen molar-refractivity contribution in [3.05, 3.63) is 94.6 Å². The fraction of sp³-hybridized carbons (Fsp3) is 0.389. The van der Waals surface area contributed by atoms with Crippen molar-refractivity contribution in [3.63, 3.8) is 0 Å². The number of anilines is 2. The van der Waals surface area contributed by atoms with Gasteiger partial charge in [0.2, 0.25) is 41.4 Å². The van der Waals surface area contributed by atoms with Gasteiger partial charge in [-0.05, 0) is 83.4 Å². The number of imide groups is 1. The molecule has 31 nitrogen and oxygen atoms in total. The maximum absolute atomic E-state index is 14.0. The van der Waals surface area contributed by atoms with Gasteiger partial charge in [-0.1, -0.05) is 12.2 Å². The molecule has 0 radical (unpaired) electrons. The first-order chi connectivity index (χ1) is 41.1. The third-order valence-electron chi connectivity index (χ3n) is 13.4. The SMILES string of the molecule is CCn1nc(C)cc1C(=O)Nc1nc2cc(C(N)=O)cc(OC)c2n1C/C=C/Cn1c(NC(=O)c2cc(C)nn2CC)nc2cc(C(N)=O)cc(OCCCNC(=O)[C@H](CCS(C)(=O)=O)NC(=O)[C@H](CCS(C)(=O)=O)NC(=O)CN3C(=O)C=CC3=O)c21. The van der Waals surface area contributed by atoms with Gasteiger partial charge in [-0.2, -0.15) is 10.2 Å². The zero-order valence-corrected chi connectivity index (χ0v) is 50.2. The third kappa shape index (κ3) is 16.4. The summed E-state index contributed by atoms with van der Waals surface area (Å²) < 4.78 is 67.1. The number of amides is 9. The minimum atomic E-state index is -3.73. The van der Waals surface area contributed by atoms with Gasteiger partial charge in [0.05, 0.1) is 47.6 Å². The Morgan fingerprint density at radius 3 is 1.56 bits per heavy atom. The van der Waals surface area contributed by atoms with E-state index in [-0.39, 0.29) is 95.1 Å². The fourth-order valence-electron chi connectivity index (χ4n) is 9.22. The van der Waals surface area contributed by atoms with Crippen molar-refractivity contribution >= 4 is 107 Å². The average molecular weight is 1240 g/mol. The van der Waals surface area contributed by atoms with Crippen LogP contribution in [-0.4, -0.2) is 176 Å². The number of aryl methyl sites for hydroxylation is 4. The molecule has 0 aliphatic carbocycles. The zero-order valence-electron chi connectivity index (χ0n) is 48.5. The maximum Gasteiger partial charge on any atom is 0.276 e. The van der Waals surface area contributed by atoms with Gasteiger partial charge in [-0.3, -0.25) is 68.0 Å². The van der Waals surface area contributed by atoms with Crippen molar-refractivity contribution in [1.29, 1.82) is 0 Å². The first-order valence-electron chi connectivity index (χ1n) is 27.1. The number of rotatable bonds is 30. The number of methoxy groups -OCH3 is 1. The minimum absolute atomic E-state index is 0.00111. The van der Waals surface area contributed by atoms with E-state index >= 15 is 0 Å². The number of ether oxygens (including phenoxy) is 2. The summed E-state index contributed by atoms with van der Waals surface area (Å²) in [5, 5.41) is 21.8. The molecule has 9 amide bonds. The topological polar surface area (TPSA) is 427 Å². The lowest BCUT2D eigenvalue weighted by molar-refractivity contribution is -0.141. The first-order valence-corrected chi connectivity index (χ1v) is 31.2. The van der Waals surface area contributed by atoms with Gasteiger partial charge in [0.15, 0.2) is 0 Å². The highest BCUT2D eigenvalue weighted by molar-refractivity contribution is 7.90. The Labute approximate surface area is 498 Å². The highest BCUT2D eigenvalue weighted by Crippen LogP contribution is 2.33. The number of carbonyl (C=O) groups is 9. The summed E-state index contributed by atoms with van der Waals surface area (Å²) >= 11 is 0. The normalized spacial score (nSPS) is 13.3. The average Bonchev–Trinajstić information content (AvgIpc) is 1.82. The van der Waals surface area contributed by atoms with Crippen molar-refractivity contribution in [1.82, 2.24) is 59.5 Å². The number of nitrogens with zero attached hydrogens (tertiary/aromatic N) is 9. The molecular weight excluding hydrogens is 1180 g/mol. The number of allylic oxidation sites excluding steroid dienone is 2. The smallest absolute Gasteiger partial charge is 0.276 e. The number of sulfone groups is 2. The molecule has 0 bridgehead atoms. The Hall–Kier alpha value is -9.79. The Morgan fingerprint density at radius 2 is 1.11 bits per heavy atom. The molecule has 0 unspecified atom stereocenters. The molecule has 7 rings (SSSR count). The van der Waals surface area contributed by atoms with Gasteiger partial charge >= 0.3 is 0 Å². The summed E-state index contributed by atoms with van der Waals surface area (Å²) in [5.74, 6) is -8.06. The van der Waals surface area contributed by atoms with E-state index in [1.807, 2.05) is 13.8 Å². The number of nitrogens with one attached hydrogen (secondary N) is 5. The predicted octanol–water partition coefficient (Wildman–Crippen LogP) is 0.0521.